The predicted molar refractivity (Wildman–Crippen MR) is 96.8 cm³/mol. The number of piperazine rings is 1. The maximum Gasteiger partial charge on any atom is 0.410 e. The van der Waals surface area contributed by atoms with Crippen LogP contribution in [-0.2, 0) is 9.53 Å². The normalized spacial score (nSPS) is 21.0. The zero-order chi connectivity index (χ0) is 18.7. The molecule has 0 aliphatic carbocycles. The molecule has 0 unspecified atom stereocenters. The van der Waals surface area contributed by atoms with Crippen molar-refractivity contribution in [3.63, 3.8) is 0 Å². The largest absolute Gasteiger partial charge is 0.444 e. The summed E-state index contributed by atoms with van der Waals surface area (Å²) in [4.78, 5) is 39.4. The molecule has 1 aromatic rings. The number of carbonyl (C=O) groups is 2. The molecule has 0 radical (unpaired) electrons. The number of hydrogen-bond donors (Lipinski definition) is 0. The van der Waals surface area contributed by atoms with Gasteiger partial charge in [-0.2, -0.15) is 0 Å². The maximum atomic E-state index is 13.0. The number of anilines is 1. The van der Waals surface area contributed by atoms with Crippen LogP contribution in [0, 0.1) is 0 Å². The number of aromatic nitrogens is 2. The van der Waals surface area contributed by atoms with Gasteiger partial charge in [-0.15, -0.1) is 0 Å². The highest BCUT2D eigenvalue weighted by Crippen LogP contribution is 2.23. The molecular weight excluding hydrogens is 334 g/mol. The topological polar surface area (TPSA) is 78.9 Å². The van der Waals surface area contributed by atoms with Crippen LogP contribution in [0.15, 0.2) is 18.5 Å². The maximum absolute atomic E-state index is 13.0. The van der Waals surface area contributed by atoms with Crippen LogP contribution in [0.5, 0.6) is 0 Å². The van der Waals surface area contributed by atoms with Crippen LogP contribution in [0.4, 0.5) is 10.7 Å². The molecule has 2 aliphatic rings. The molecule has 2 aliphatic heterocycles. The van der Waals surface area contributed by atoms with Gasteiger partial charge in [-0.3, -0.25) is 9.69 Å². The van der Waals surface area contributed by atoms with Crippen LogP contribution in [0.25, 0.3) is 0 Å². The second kappa shape index (κ2) is 7.47. The molecule has 142 valence electrons. The Kier molecular flexibility index (Phi) is 5.29. The van der Waals surface area contributed by atoms with Gasteiger partial charge in [-0.1, -0.05) is 0 Å². The van der Waals surface area contributed by atoms with E-state index in [4.69, 9.17) is 4.74 Å². The fourth-order valence-corrected chi connectivity index (χ4v) is 3.35. The van der Waals surface area contributed by atoms with Gasteiger partial charge >= 0.3 is 6.09 Å². The molecule has 3 heterocycles. The lowest BCUT2D eigenvalue weighted by molar-refractivity contribution is -0.136. The Morgan fingerprint density at radius 3 is 2.35 bits per heavy atom. The quantitative estimate of drug-likeness (QED) is 0.795. The third kappa shape index (κ3) is 4.23. The van der Waals surface area contributed by atoms with E-state index in [0.717, 1.165) is 6.42 Å². The summed E-state index contributed by atoms with van der Waals surface area (Å²) in [5.41, 5.74) is -0.561. The Bertz CT molecular complexity index is 638. The lowest BCUT2D eigenvalue weighted by atomic mass is 10.1. The molecule has 2 fully saturated rings. The van der Waals surface area contributed by atoms with Gasteiger partial charge in [0.1, 0.15) is 11.6 Å². The Balaban J connectivity index is 1.58. The van der Waals surface area contributed by atoms with Crippen molar-refractivity contribution in [1.82, 2.24) is 19.8 Å². The van der Waals surface area contributed by atoms with Crippen molar-refractivity contribution >= 4 is 17.9 Å². The van der Waals surface area contributed by atoms with E-state index >= 15 is 0 Å². The highest BCUT2D eigenvalue weighted by atomic mass is 16.6. The Hall–Kier alpha value is -2.38. The second-order valence-corrected chi connectivity index (χ2v) is 7.69. The highest BCUT2D eigenvalue weighted by molar-refractivity contribution is 5.86. The summed E-state index contributed by atoms with van der Waals surface area (Å²) in [6, 6.07) is 1.37. The summed E-state index contributed by atoms with van der Waals surface area (Å²) in [6.45, 7) is 8.67. The first-order chi connectivity index (χ1) is 12.3. The van der Waals surface area contributed by atoms with E-state index in [9.17, 15) is 9.59 Å². The number of likely N-dealkylation sites (tertiary alicyclic amines) is 1. The minimum atomic E-state index is -0.561. The summed E-state index contributed by atoms with van der Waals surface area (Å²) >= 11 is 0. The van der Waals surface area contributed by atoms with E-state index in [0.29, 0.717) is 45.1 Å². The molecule has 2 saturated heterocycles. The van der Waals surface area contributed by atoms with E-state index in [1.165, 1.54) is 0 Å². The van der Waals surface area contributed by atoms with Gasteiger partial charge in [0.15, 0.2) is 0 Å². The second-order valence-electron chi connectivity index (χ2n) is 7.69. The smallest absolute Gasteiger partial charge is 0.410 e. The third-order valence-electron chi connectivity index (χ3n) is 4.59. The summed E-state index contributed by atoms with van der Waals surface area (Å²) in [5, 5.41) is 0. The van der Waals surface area contributed by atoms with E-state index in [1.807, 2.05) is 25.7 Å². The molecule has 1 atom stereocenters. The van der Waals surface area contributed by atoms with Gasteiger partial charge in [-0.05, 0) is 39.7 Å². The SMILES string of the molecule is CC(C)(C)OC(=O)N1CCC[C@@H]1C(=O)N1CCN(c2ncccn2)CC1. The first-order valence-electron chi connectivity index (χ1n) is 9.15. The highest BCUT2D eigenvalue weighted by Gasteiger charge is 2.39. The first kappa shape index (κ1) is 18.4. The minimum Gasteiger partial charge on any atom is -0.444 e. The van der Waals surface area contributed by atoms with Crippen LogP contribution >= 0.6 is 0 Å². The van der Waals surface area contributed by atoms with Gasteiger partial charge in [-0.25, -0.2) is 14.8 Å². The van der Waals surface area contributed by atoms with Crippen molar-refractivity contribution in [2.24, 2.45) is 0 Å². The molecule has 8 heteroatoms. The summed E-state index contributed by atoms with van der Waals surface area (Å²) in [6.07, 6.45) is 4.56. The van der Waals surface area contributed by atoms with Gasteiger partial charge in [0, 0.05) is 45.1 Å². The monoisotopic (exact) mass is 361 g/mol. The number of nitrogens with zero attached hydrogens (tertiary/aromatic N) is 5. The number of hydrogen-bond acceptors (Lipinski definition) is 6. The van der Waals surface area contributed by atoms with Gasteiger partial charge < -0.3 is 14.5 Å². The van der Waals surface area contributed by atoms with E-state index < -0.39 is 17.7 Å². The fourth-order valence-electron chi connectivity index (χ4n) is 3.35. The standard InChI is InChI=1S/C18H27N5O3/c1-18(2,3)26-17(25)23-9-4-6-14(23)15(24)21-10-12-22(13-11-21)16-19-7-5-8-20-16/h5,7-8,14H,4,6,9-13H2,1-3H3/t14-/m1/s1. The van der Waals surface area contributed by atoms with Gasteiger partial charge in [0.2, 0.25) is 11.9 Å². The third-order valence-corrected chi connectivity index (χ3v) is 4.59. The molecule has 1 aromatic heterocycles. The molecule has 0 aromatic carbocycles. The Morgan fingerprint density at radius 2 is 1.73 bits per heavy atom. The molecule has 0 saturated carbocycles. The number of ether oxygens (including phenoxy) is 1. The zero-order valence-corrected chi connectivity index (χ0v) is 15.7. The molecule has 0 bridgehead atoms. The van der Waals surface area contributed by atoms with Crippen molar-refractivity contribution in [1.29, 1.82) is 0 Å². The number of rotatable bonds is 2. The van der Waals surface area contributed by atoms with Crippen LogP contribution in [0.2, 0.25) is 0 Å². The molecule has 8 nitrogen and oxygen atoms in total. The predicted octanol–water partition coefficient (Wildman–Crippen LogP) is 1.52. The molecule has 2 amide bonds. The number of amides is 2. The lowest BCUT2D eigenvalue weighted by Gasteiger charge is -2.37. The van der Waals surface area contributed by atoms with Crippen molar-refractivity contribution < 1.29 is 14.3 Å². The minimum absolute atomic E-state index is 0.0157. The molecule has 26 heavy (non-hydrogen) atoms. The lowest BCUT2D eigenvalue weighted by Crippen LogP contribution is -2.55. The van der Waals surface area contributed by atoms with E-state index in [-0.39, 0.29) is 5.91 Å². The van der Waals surface area contributed by atoms with Crippen LogP contribution in [-0.4, -0.2) is 76.1 Å². The molecular formula is C18H27N5O3. The first-order valence-corrected chi connectivity index (χ1v) is 9.15. The van der Waals surface area contributed by atoms with Crippen molar-refractivity contribution in [2.75, 3.05) is 37.6 Å². The summed E-state index contributed by atoms with van der Waals surface area (Å²) in [7, 11) is 0. The van der Waals surface area contributed by atoms with Crippen LogP contribution in [0.3, 0.4) is 0 Å². The van der Waals surface area contributed by atoms with Gasteiger partial charge in [0.25, 0.3) is 0 Å². The van der Waals surface area contributed by atoms with Crippen LogP contribution in [0.1, 0.15) is 33.6 Å². The van der Waals surface area contributed by atoms with Crippen molar-refractivity contribution in [2.45, 2.75) is 45.3 Å². The van der Waals surface area contributed by atoms with Crippen molar-refractivity contribution in [3.05, 3.63) is 18.5 Å². The summed E-state index contributed by atoms with van der Waals surface area (Å²) < 4.78 is 5.46. The zero-order valence-electron chi connectivity index (χ0n) is 15.7. The van der Waals surface area contributed by atoms with E-state index in [2.05, 4.69) is 14.9 Å². The van der Waals surface area contributed by atoms with E-state index in [1.54, 1.807) is 23.4 Å². The van der Waals surface area contributed by atoms with Crippen LogP contribution < -0.4 is 4.90 Å². The Morgan fingerprint density at radius 1 is 1.08 bits per heavy atom. The fraction of sp³-hybridized carbons (Fsp3) is 0.667. The molecule has 3 rings (SSSR count). The molecule has 0 N–H and O–H groups in total. The van der Waals surface area contributed by atoms with Gasteiger partial charge in [0.05, 0.1) is 0 Å². The number of carbonyl (C=O) groups excluding carboxylic acids is 2. The average molecular weight is 361 g/mol. The summed E-state index contributed by atoms with van der Waals surface area (Å²) in [5.74, 6) is 0.706. The van der Waals surface area contributed by atoms with Crippen molar-refractivity contribution in [3.8, 4) is 0 Å². The Labute approximate surface area is 154 Å². The average Bonchev–Trinajstić information content (AvgIpc) is 3.10. The molecule has 0 spiro atoms.